The Balaban J connectivity index is 2.51. The molecule has 1 aliphatic rings. The van der Waals surface area contributed by atoms with E-state index in [0.717, 1.165) is 32.1 Å². The summed E-state index contributed by atoms with van der Waals surface area (Å²) in [5, 5.41) is 0. The molecule has 0 bridgehead atoms. The number of hydrogen-bond acceptors (Lipinski definition) is 2. The van der Waals surface area contributed by atoms with Gasteiger partial charge in [0.2, 0.25) is 0 Å². The Morgan fingerprint density at radius 3 is 2.55 bits per heavy atom. The number of allylic oxidation sites excluding steroid dienone is 1. The van der Waals surface area contributed by atoms with Crippen molar-refractivity contribution in [2.24, 2.45) is 5.92 Å². The minimum atomic E-state index is -3.33. The zero-order valence-corrected chi connectivity index (χ0v) is 13.2. The van der Waals surface area contributed by atoms with Gasteiger partial charge in [0.05, 0.1) is 9.64 Å². The molecule has 110 valence electrons. The summed E-state index contributed by atoms with van der Waals surface area (Å²) in [6, 6.07) is 8.91. The lowest BCUT2D eigenvalue weighted by molar-refractivity contribution is 0.371. The highest BCUT2D eigenvalue weighted by Gasteiger charge is 2.46. The topological polar surface area (TPSA) is 34.1 Å². The summed E-state index contributed by atoms with van der Waals surface area (Å²) in [6.45, 7) is 4.19. The fraction of sp³-hybridized carbons (Fsp3) is 0.529. The number of rotatable bonds is 5. The van der Waals surface area contributed by atoms with Crippen LogP contribution in [0.2, 0.25) is 0 Å². The molecular formula is C17H24O2S. The van der Waals surface area contributed by atoms with E-state index in [9.17, 15) is 8.42 Å². The molecule has 2 atom stereocenters. The van der Waals surface area contributed by atoms with Crippen LogP contribution in [0.15, 0.2) is 47.4 Å². The first kappa shape index (κ1) is 15.3. The molecule has 0 heterocycles. The zero-order valence-electron chi connectivity index (χ0n) is 12.4. The van der Waals surface area contributed by atoms with Gasteiger partial charge in [-0.15, -0.1) is 0 Å². The number of unbranched alkanes of at least 4 members (excludes halogenated alkanes) is 1. The lowest BCUT2D eigenvalue weighted by Crippen LogP contribution is -2.44. The molecule has 1 aliphatic carbocycles. The average molecular weight is 292 g/mol. The lowest BCUT2D eigenvalue weighted by Gasteiger charge is -2.38. The van der Waals surface area contributed by atoms with Crippen LogP contribution in [-0.4, -0.2) is 13.2 Å². The van der Waals surface area contributed by atoms with Gasteiger partial charge in [0.1, 0.15) is 0 Å². The molecule has 0 spiro atoms. The molecular weight excluding hydrogens is 268 g/mol. The van der Waals surface area contributed by atoms with E-state index in [1.807, 2.05) is 12.1 Å². The van der Waals surface area contributed by atoms with Crippen LogP contribution in [0.3, 0.4) is 0 Å². The third-order valence-electron chi connectivity index (χ3n) is 4.48. The first-order valence-corrected chi connectivity index (χ1v) is 9.00. The first-order chi connectivity index (χ1) is 9.54. The smallest absolute Gasteiger partial charge is 0.187 e. The highest BCUT2D eigenvalue weighted by molar-refractivity contribution is 7.93. The summed E-state index contributed by atoms with van der Waals surface area (Å²) >= 11 is 0. The Morgan fingerprint density at radius 1 is 1.25 bits per heavy atom. The van der Waals surface area contributed by atoms with E-state index in [-0.39, 0.29) is 5.92 Å². The Labute approximate surface area is 122 Å². The van der Waals surface area contributed by atoms with E-state index in [1.54, 1.807) is 24.3 Å². The quantitative estimate of drug-likeness (QED) is 0.755. The Bertz CT molecular complexity index is 560. The molecule has 20 heavy (non-hydrogen) atoms. The van der Waals surface area contributed by atoms with Crippen molar-refractivity contribution in [2.75, 3.05) is 0 Å². The van der Waals surface area contributed by atoms with Crippen molar-refractivity contribution in [2.45, 2.75) is 55.6 Å². The predicted octanol–water partition coefficient (Wildman–Crippen LogP) is 4.38. The summed E-state index contributed by atoms with van der Waals surface area (Å²) in [7, 11) is -3.33. The molecule has 1 aromatic carbocycles. The molecule has 3 heteroatoms. The third kappa shape index (κ3) is 2.56. The van der Waals surface area contributed by atoms with Gasteiger partial charge in [-0.05, 0) is 37.3 Å². The molecule has 0 N–H and O–H groups in total. The number of sulfone groups is 1. The summed E-state index contributed by atoms with van der Waals surface area (Å²) in [6.07, 6.45) is 8.65. The Hall–Kier alpha value is -1.09. The maximum Gasteiger partial charge on any atom is 0.187 e. The van der Waals surface area contributed by atoms with E-state index in [1.165, 1.54) is 0 Å². The van der Waals surface area contributed by atoms with Crippen molar-refractivity contribution in [1.82, 2.24) is 0 Å². The summed E-state index contributed by atoms with van der Waals surface area (Å²) in [5.74, 6) is 0.171. The normalized spacial score (nSPS) is 26.6. The standard InChI is InChI=1S/C17H24O2S/c1-3-4-13-17(14-9-8-10-15(17)2)20(18,19)16-11-6-5-7-12-16/h5-7,9,11-12,14-15H,3-4,8,10,13H2,1-2H3. The molecule has 0 amide bonds. The Morgan fingerprint density at radius 2 is 1.95 bits per heavy atom. The van der Waals surface area contributed by atoms with Crippen molar-refractivity contribution >= 4 is 9.84 Å². The second kappa shape index (κ2) is 6.13. The molecule has 1 aromatic rings. The minimum Gasteiger partial charge on any atom is -0.223 e. The fourth-order valence-corrected chi connectivity index (χ4v) is 5.42. The van der Waals surface area contributed by atoms with Crippen LogP contribution in [0.25, 0.3) is 0 Å². The second-order valence-electron chi connectivity index (χ2n) is 5.76. The molecule has 2 nitrogen and oxygen atoms in total. The van der Waals surface area contributed by atoms with Crippen LogP contribution in [0, 0.1) is 5.92 Å². The number of benzene rings is 1. The summed E-state index contributed by atoms with van der Waals surface area (Å²) < 4.78 is 25.6. The van der Waals surface area contributed by atoms with E-state index in [2.05, 4.69) is 19.9 Å². The number of hydrogen-bond donors (Lipinski definition) is 0. The van der Waals surface area contributed by atoms with Gasteiger partial charge in [-0.25, -0.2) is 8.42 Å². The zero-order chi connectivity index (χ0) is 14.6. The average Bonchev–Trinajstić information content (AvgIpc) is 2.47. The highest BCUT2D eigenvalue weighted by atomic mass is 32.2. The van der Waals surface area contributed by atoms with Crippen LogP contribution in [0.5, 0.6) is 0 Å². The monoisotopic (exact) mass is 292 g/mol. The van der Waals surface area contributed by atoms with Crippen molar-refractivity contribution < 1.29 is 8.42 Å². The second-order valence-corrected chi connectivity index (χ2v) is 7.99. The van der Waals surface area contributed by atoms with Crippen LogP contribution in [0.4, 0.5) is 0 Å². The van der Waals surface area contributed by atoms with Gasteiger partial charge in [-0.2, -0.15) is 0 Å². The van der Waals surface area contributed by atoms with Crippen LogP contribution in [-0.2, 0) is 9.84 Å². The highest BCUT2D eigenvalue weighted by Crippen LogP contribution is 2.42. The van der Waals surface area contributed by atoms with E-state index in [0.29, 0.717) is 4.90 Å². The molecule has 0 fully saturated rings. The molecule has 0 aliphatic heterocycles. The van der Waals surface area contributed by atoms with Crippen molar-refractivity contribution in [3.8, 4) is 0 Å². The van der Waals surface area contributed by atoms with Crippen LogP contribution < -0.4 is 0 Å². The molecule has 2 unspecified atom stereocenters. The van der Waals surface area contributed by atoms with Gasteiger partial charge in [0.15, 0.2) is 9.84 Å². The van der Waals surface area contributed by atoms with Gasteiger partial charge < -0.3 is 0 Å². The van der Waals surface area contributed by atoms with Crippen molar-refractivity contribution in [3.63, 3.8) is 0 Å². The fourth-order valence-electron chi connectivity index (χ4n) is 3.13. The van der Waals surface area contributed by atoms with Crippen LogP contribution in [0.1, 0.15) is 46.0 Å². The molecule has 0 aromatic heterocycles. The third-order valence-corrected chi connectivity index (χ3v) is 7.11. The van der Waals surface area contributed by atoms with Gasteiger partial charge >= 0.3 is 0 Å². The molecule has 0 radical (unpaired) electrons. The molecule has 0 saturated carbocycles. The van der Waals surface area contributed by atoms with E-state index < -0.39 is 14.6 Å². The van der Waals surface area contributed by atoms with Crippen LogP contribution >= 0.6 is 0 Å². The van der Waals surface area contributed by atoms with Crippen molar-refractivity contribution in [1.29, 1.82) is 0 Å². The first-order valence-electron chi connectivity index (χ1n) is 7.52. The predicted molar refractivity (Wildman–Crippen MR) is 83.4 cm³/mol. The van der Waals surface area contributed by atoms with Gasteiger partial charge in [0.25, 0.3) is 0 Å². The maximum atomic E-state index is 13.2. The molecule has 0 saturated heterocycles. The maximum absolute atomic E-state index is 13.2. The summed E-state index contributed by atoms with van der Waals surface area (Å²) in [4.78, 5) is 0.453. The van der Waals surface area contributed by atoms with Gasteiger partial charge in [-0.1, -0.05) is 57.0 Å². The van der Waals surface area contributed by atoms with Crippen molar-refractivity contribution in [3.05, 3.63) is 42.5 Å². The SMILES string of the molecule is CCCCC1(S(=O)(=O)c2ccccc2)C=CCCC1C. The lowest BCUT2D eigenvalue weighted by atomic mass is 9.81. The van der Waals surface area contributed by atoms with E-state index >= 15 is 0 Å². The largest absolute Gasteiger partial charge is 0.223 e. The Kier molecular flexibility index (Phi) is 4.69. The summed E-state index contributed by atoms with van der Waals surface area (Å²) in [5.41, 5.74) is 0. The van der Waals surface area contributed by atoms with E-state index in [4.69, 9.17) is 0 Å². The molecule has 2 rings (SSSR count). The van der Waals surface area contributed by atoms with Gasteiger partial charge in [0, 0.05) is 0 Å². The minimum absolute atomic E-state index is 0.171. The van der Waals surface area contributed by atoms with Gasteiger partial charge in [-0.3, -0.25) is 0 Å².